The van der Waals surface area contributed by atoms with E-state index in [9.17, 15) is 0 Å². The van der Waals surface area contributed by atoms with E-state index >= 15 is 0 Å². The third-order valence-electron chi connectivity index (χ3n) is 5.08. The number of aromatic nitrogens is 3. The molecule has 34 heavy (non-hydrogen) atoms. The third kappa shape index (κ3) is 5.57. The predicted molar refractivity (Wildman–Crippen MR) is 134 cm³/mol. The molecule has 5 nitrogen and oxygen atoms in total. The topological polar surface area (TPSA) is 45.2 Å². The second-order valence-corrected chi connectivity index (χ2v) is 7.30. The monoisotopic (exact) mass is 618 g/mol. The van der Waals surface area contributed by atoms with Crippen LogP contribution in [-0.2, 0) is 20.1 Å². The summed E-state index contributed by atoms with van der Waals surface area (Å²) in [6.07, 6.45) is 9.38. The maximum absolute atomic E-state index is 4.45. The Morgan fingerprint density at radius 3 is 1.85 bits per heavy atom. The van der Waals surface area contributed by atoms with Gasteiger partial charge < -0.3 is 14.6 Å². The molecule has 0 spiro atoms. The largest absolute Gasteiger partial charge is 0.402 e. The van der Waals surface area contributed by atoms with E-state index in [1.54, 1.807) is 12.4 Å². The van der Waals surface area contributed by atoms with Crippen molar-refractivity contribution in [2.24, 2.45) is 0 Å². The van der Waals surface area contributed by atoms with Gasteiger partial charge in [0, 0.05) is 51.1 Å². The Morgan fingerprint density at radius 2 is 1.26 bits per heavy atom. The van der Waals surface area contributed by atoms with Gasteiger partial charge in [0.2, 0.25) is 0 Å². The van der Waals surface area contributed by atoms with Gasteiger partial charge in [-0.1, -0.05) is 42.5 Å². The van der Waals surface area contributed by atoms with Gasteiger partial charge in [-0.3, -0.25) is 0 Å². The van der Waals surface area contributed by atoms with Crippen molar-refractivity contribution in [3.8, 4) is 11.3 Å². The van der Waals surface area contributed by atoms with Crippen molar-refractivity contribution in [1.82, 2.24) is 15.0 Å². The third-order valence-corrected chi connectivity index (χ3v) is 5.08. The number of fused-ring (bicyclic) bond motifs is 1. The summed E-state index contributed by atoms with van der Waals surface area (Å²) in [5.74, 6) is 1.78. The van der Waals surface area contributed by atoms with E-state index < -0.39 is 0 Å². The number of anilines is 2. The molecule has 7 heteroatoms. The fraction of sp³-hybridized carbons (Fsp3) is 0. The van der Waals surface area contributed by atoms with Gasteiger partial charge in [-0.05, 0) is 40.7 Å². The van der Waals surface area contributed by atoms with Crippen molar-refractivity contribution in [1.29, 1.82) is 0 Å². The zero-order valence-corrected chi connectivity index (χ0v) is 20.6. The van der Waals surface area contributed by atoms with Crippen LogP contribution in [0.3, 0.4) is 0 Å². The Balaban J connectivity index is 0.000000157. The Labute approximate surface area is 213 Å². The van der Waals surface area contributed by atoms with E-state index in [4.69, 9.17) is 0 Å². The molecule has 2 aromatic carbocycles. The number of benzene rings is 2. The van der Waals surface area contributed by atoms with Gasteiger partial charge >= 0.3 is 7.55 Å². The van der Waals surface area contributed by atoms with Crippen molar-refractivity contribution in [3.05, 3.63) is 128 Å². The Bertz CT molecular complexity index is 1300. The number of pyridine rings is 3. The number of hydrogen-bond donors (Lipinski definition) is 0. The molecule has 1 aliphatic rings. The van der Waals surface area contributed by atoms with Gasteiger partial charge in [0.15, 0.2) is 0 Å². The second kappa shape index (κ2) is 11.4. The minimum Gasteiger partial charge on any atom is -0.358 e. The molecule has 2 radical (unpaired) electrons. The summed E-state index contributed by atoms with van der Waals surface area (Å²) in [5.41, 5.74) is 2.01. The number of nitrogens with zero attached hydrogens (tertiary/aromatic N) is 5. The zero-order chi connectivity index (χ0) is 22.3. The van der Waals surface area contributed by atoms with Gasteiger partial charge in [-0.25, -0.2) is 9.97 Å². The van der Waals surface area contributed by atoms with E-state index in [1.807, 2.05) is 109 Å². The van der Waals surface area contributed by atoms with Crippen LogP contribution >= 0.6 is 0 Å². The van der Waals surface area contributed by atoms with Crippen LogP contribution in [0.4, 0.5) is 11.6 Å². The van der Waals surface area contributed by atoms with Crippen molar-refractivity contribution >= 4 is 30.0 Å². The van der Waals surface area contributed by atoms with Crippen LogP contribution in [0.15, 0.2) is 122 Å². The van der Waals surface area contributed by atoms with Crippen LogP contribution in [-0.4, -0.2) is 22.5 Å². The molecule has 1 aliphatic heterocycles. The van der Waals surface area contributed by atoms with E-state index in [1.165, 1.54) is 10.8 Å². The van der Waals surface area contributed by atoms with E-state index in [2.05, 4.69) is 39.2 Å². The van der Waals surface area contributed by atoms with Crippen molar-refractivity contribution in [2.75, 3.05) is 9.62 Å². The van der Waals surface area contributed by atoms with Crippen molar-refractivity contribution in [3.63, 3.8) is 0 Å². The first-order chi connectivity index (χ1) is 16.4. The molecular weight excluding hydrogens is 597 g/mol. The first-order valence-electron chi connectivity index (χ1n) is 10.6. The van der Waals surface area contributed by atoms with Crippen LogP contribution in [0.25, 0.3) is 22.0 Å². The summed E-state index contributed by atoms with van der Waals surface area (Å²) in [7, 11) is 1.95. The molecule has 3 aromatic heterocycles. The van der Waals surface area contributed by atoms with E-state index in [-0.39, 0.29) is 20.1 Å². The molecule has 0 saturated carbocycles. The molecule has 0 aliphatic carbocycles. The molecule has 166 valence electrons. The smallest absolute Gasteiger partial charge is 0.358 e. The number of rotatable bonds is 3. The molecule has 0 amide bonds. The Hall–Kier alpha value is -3.80. The fourth-order valence-corrected chi connectivity index (χ4v) is 3.42. The fourth-order valence-electron chi connectivity index (χ4n) is 3.42. The Morgan fingerprint density at radius 1 is 0.647 bits per heavy atom. The summed E-state index contributed by atoms with van der Waals surface area (Å²) in [5, 5.41) is 2.38. The van der Waals surface area contributed by atoms with E-state index in [0.29, 0.717) is 0 Å². The number of hydrogen-bond acceptors (Lipinski definition) is 5. The van der Waals surface area contributed by atoms with Crippen molar-refractivity contribution < 1.29 is 20.1 Å². The average Bonchev–Trinajstić information content (AvgIpc) is 3.41. The first-order valence-corrected chi connectivity index (χ1v) is 10.6. The van der Waals surface area contributed by atoms with Crippen LogP contribution < -0.4 is 9.62 Å². The summed E-state index contributed by atoms with van der Waals surface area (Å²) < 4.78 is 0. The average molecular weight is 618 g/mol. The minimum absolute atomic E-state index is 0. The van der Waals surface area contributed by atoms with Crippen molar-refractivity contribution in [2.45, 2.75) is 0 Å². The summed E-state index contributed by atoms with van der Waals surface area (Å²) in [6, 6.07) is 33.1. The normalized spacial score (nSPS) is 11.9. The molecule has 6 rings (SSSR count). The quantitative estimate of drug-likeness (QED) is 0.198. The molecule has 0 fully saturated rings. The SMILES string of the molecule is [B]1N(c2ccccn2)C=CN1c1ccccn1.[Ir].[c-]1ccccc1-c1cc2ccccc2cn1. The molecule has 4 heterocycles. The maximum Gasteiger partial charge on any atom is 0.402 e. The molecular formula is C27H20BIrN5-. The summed E-state index contributed by atoms with van der Waals surface area (Å²) in [4.78, 5) is 16.9. The summed E-state index contributed by atoms with van der Waals surface area (Å²) in [6.45, 7) is 0. The van der Waals surface area contributed by atoms with E-state index in [0.717, 1.165) is 22.9 Å². The first kappa shape index (κ1) is 23.4. The predicted octanol–water partition coefficient (Wildman–Crippen LogP) is 5.51. The summed E-state index contributed by atoms with van der Waals surface area (Å²) >= 11 is 0. The molecule has 0 bridgehead atoms. The minimum atomic E-state index is 0. The standard InChI is InChI=1S/C15H10N.C12H10BN4.Ir/c1-2-6-12(7-3-1)15-10-13-8-4-5-9-14(13)11-16-15;1-3-7-14-11(5-1)16-9-10-17(13-16)12-6-2-4-8-15-12;/h1-6,8-11H;1-10H;/q-1;;. The van der Waals surface area contributed by atoms with Gasteiger partial charge in [0.05, 0.1) is 0 Å². The molecule has 0 atom stereocenters. The maximum atomic E-state index is 4.45. The zero-order valence-electron chi connectivity index (χ0n) is 18.2. The van der Waals surface area contributed by atoms with Gasteiger partial charge in [0.1, 0.15) is 11.6 Å². The van der Waals surface area contributed by atoms with Crippen LogP contribution in [0.2, 0.25) is 0 Å². The van der Waals surface area contributed by atoms with Crippen LogP contribution in [0.5, 0.6) is 0 Å². The van der Waals surface area contributed by atoms with Crippen LogP contribution in [0.1, 0.15) is 0 Å². The molecule has 5 aromatic rings. The molecule has 0 unspecified atom stereocenters. The van der Waals surface area contributed by atoms with Gasteiger partial charge in [-0.15, -0.1) is 35.9 Å². The second-order valence-electron chi connectivity index (χ2n) is 7.30. The molecule has 0 N–H and O–H groups in total. The van der Waals surface area contributed by atoms with Gasteiger partial charge in [0.25, 0.3) is 0 Å². The molecule has 0 saturated heterocycles. The van der Waals surface area contributed by atoms with Crippen LogP contribution in [0, 0.1) is 6.07 Å². The van der Waals surface area contributed by atoms with Gasteiger partial charge in [-0.2, -0.15) is 0 Å². The Kier molecular flexibility index (Phi) is 7.81.